The van der Waals surface area contributed by atoms with E-state index in [1.165, 1.54) is 7.11 Å². The van der Waals surface area contributed by atoms with Crippen LogP contribution in [0.4, 0.5) is 0 Å². The Hall–Kier alpha value is -1.73. The molecular weight excluding hydrogens is 290 g/mol. The first-order valence-corrected chi connectivity index (χ1v) is 7.84. The third kappa shape index (κ3) is 2.71. The molecule has 1 unspecified atom stereocenters. The number of phenols is 1. The van der Waals surface area contributed by atoms with E-state index < -0.39 is 0 Å². The van der Waals surface area contributed by atoms with Crippen LogP contribution in [0.2, 0.25) is 0 Å². The van der Waals surface area contributed by atoms with Gasteiger partial charge < -0.3 is 14.4 Å². The molecule has 6 nitrogen and oxygen atoms in total. The van der Waals surface area contributed by atoms with E-state index in [0.29, 0.717) is 23.0 Å². The maximum Gasteiger partial charge on any atom is 0.261 e. The largest absolute Gasteiger partial charge is 0.504 e. The van der Waals surface area contributed by atoms with Gasteiger partial charge in [0.05, 0.1) is 18.7 Å². The maximum atomic E-state index is 10.1. The van der Waals surface area contributed by atoms with Crippen LogP contribution in [0.3, 0.4) is 0 Å². The minimum Gasteiger partial charge on any atom is -0.504 e. The van der Waals surface area contributed by atoms with Gasteiger partial charge in [-0.05, 0) is 19.2 Å². The molecule has 7 heteroatoms. The fourth-order valence-electron chi connectivity index (χ4n) is 2.30. The van der Waals surface area contributed by atoms with Crippen molar-refractivity contribution < 1.29 is 14.4 Å². The number of rotatable bonds is 3. The highest BCUT2D eigenvalue weighted by Gasteiger charge is 2.26. The van der Waals surface area contributed by atoms with Crippen LogP contribution in [0.5, 0.6) is 11.5 Å². The molecule has 0 spiro atoms. The zero-order valence-corrected chi connectivity index (χ0v) is 12.8. The lowest BCUT2D eigenvalue weighted by Crippen LogP contribution is -2.33. The van der Waals surface area contributed by atoms with Gasteiger partial charge in [0.15, 0.2) is 17.3 Å². The molecule has 21 heavy (non-hydrogen) atoms. The summed E-state index contributed by atoms with van der Waals surface area (Å²) in [5.41, 5.74) is 0.485. The first kappa shape index (κ1) is 14.2. The lowest BCUT2D eigenvalue weighted by molar-refractivity contribution is 0.257. The quantitative estimate of drug-likeness (QED) is 0.931. The summed E-state index contributed by atoms with van der Waals surface area (Å²) in [5.74, 6) is 3.43. The summed E-state index contributed by atoms with van der Waals surface area (Å²) in [5, 5.41) is 14.2. The summed E-state index contributed by atoms with van der Waals surface area (Å²) in [7, 11) is 3.57. The van der Waals surface area contributed by atoms with Gasteiger partial charge in [-0.3, -0.25) is 4.90 Å². The van der Waals surface area contributed by atoms with Gasteiger partial charge in [-0.25, -0.2) is 0 Å². The topological polar surface area (TPSA) is 71.6 Å². The van der Waals surface area contributed by atoms with Crippen molar-refractivity contribution in [2.24, 2.45) is 0 Å². The molecule has 2 aromatic rings. The Balaban J connectivity index is 1.91. The van der Waals surface area contributed by atoms with E-state index >= 15 is 0 Å². The Bertz CT molecular complexity index is 632. The first-order valence-electron chi connectivity index (χ1n) is 6.68. The molecule has 3 rings (SSSR count). The summed E-state index contributed by atoms with van der Waals surface area (Å²) in [6.45, 7) is 1.00. The summed E-state index contributed by atoms with van der Waals surface area (Å²) < 4.78 is 10.4. The smallest absolute Gasteiger partial charge is 0.261 e. The predicted molar refractivity (Wildman–Crippen MR) is 80.6 cm³/mol. The molecular formula is C14H17N3O3S. The summed E-state index contributed by atoms with van der Waals surface area (Å²) in [6.07, 6.45) is 0. The van der Waals surface area contributed by atoms with Crippen LogP contribution in [0, 0.1) is 0 Å². The van der Waals surface area contributed by atoms with Gasteiger partial charge in [-0.2, -0.15) is 16.7 Å². The third-order valence-corrected chi connectivity index (χ3v) is 4.61. The normalized spacial score (nSPS) is 19.6. The van der Waals surface area contributed by atoms with E-state index in [4.69, 9.17) is 9.26 Å². The second-order valence-electron chi connectivity index (χ2n) is 4.89. The SMILES string of the molecule is COc1cccc(-c2nc(C3CSCCN3C)no2)c1O. The fraction of sp³-hybridized carbons (Fsp3) is 0.429. The van der Waals surface area contributed by atoms with Crippen LogP contribution < -0.4 is 4.74 Å². The van der Waals surface area contributed by atoms with Gasteiger partial charge in [0, 0.05) is 18.1 Å². The highest BCUT2D eigenvalue weighted by molar-refractivity contribution is 7.99. The molecule has 1 fully saturated rings. The monoisotopic (exact) mass is 307 g/mol. The molecule has 0 saturated carbocycles. The second kappa shape index (κ2) is 5.95. The van der Waals surface area contributed by atoms with Gasteiger partial charge in [0.2, 0.25) is 0 Å². The van der Waals surface area contributed by atoms with Gasteiger partial charge in [-0.1, -0.05) is 11.2 Å². The Morgan fingerprint density at radius 3 is 3.10 bits per heavy atom. The summed E-state index contributed by atoms with van der Waals surface area (Å²) >= 11 is 1.88. The molecule has 0 aliphatic carbocycles. The Labute approximate surface area is 127 Å². The van der Waals surface area contributed by atoms with Crippen molar-refractivity contribution in [2.45, 2.75) is 6.04 Å². The van der Waals surface area contributed by atoms with Crippen LogP contribution in [0.25, 0.3) is 11.5 Å². The molecule has 0 amide bonds. The highest BCUT2D eigenvalue weighted by Crippen LogP contribution is 2.36. The van der Waals surface area contributed by atoms with Crippen molar-refractivity contribution >= 4 is 11.8 Å². The number of hydrogen-bond donors (Lipinski definition) is 1. The van der Waals surface area contributed by atoms with Gasteiger partial charge >= 0.3 is 0 Å². The average molecular weight is 307 g/mol. The lowest BCUT2D eigenvalue weighted by atomic mass is 10.2. The van der Waals surface area contributed by atoms with Crippen molar-refractivity contribution in [3.8, 4) is 23.0 Å². The standard InChI is InChI=1S/C14H17N3O3S/c1-17-6-7-21-8-10(17)13-15-14(20-16-13)9-4-3-5-11(19-2)12(9)18/h3-5,10,18H,6-8H2,1-2H3. The molecule has 1 N–H and O–H groups in total. The number of nitrogens with zero attached hydrogens (tertiary/aromatic N) is 3. The van der Waals surface area contributed by atoms with E-state index in [1.807, 2.05) is 11.8 Å². The minimum absolute atomic E-state index is 0.0153. The Morgan fingerprint density at radius 1 is 1.48 bits per heavy atom. The molecule has 0 radical (unpaired) electrons. The van der Waals surface area contributed by atoms with Crippen molar-refractivity contribution in [3.63, 3.8) is 0 Å². The molecule has 1 aliphatic rings. The van der Waals surface area contributed by atoms with Crippen LogP contribution in [0.1, 0.15) is 11.9 Å². The number of thioether (sulfide) groups is 1. The van der Waals surface area contributed by atoms with E-state index in [9.17, 15) is 5.11 Å². The van der Waals surface area contributed by atoms with Crippen molar-refractivity contribution in [1.29, 1.82) is 0 Å². The van der Waals surface area contributed by atoms with Gasteiger partial charge in [0.1, 0.15) is 0 Å². The highest BCUT2D eigenvalue weighted by atomic mass is 32.2. The number of aromatic nitrogens is 2. The lowest BCUT2D eigenvalue weighted by Gasteiger charge is -2.29. The average Bonchev–Trinajstić information content (AvgIpc) is 2.97. The Morgan fingerprint density at radius 2 is 2.33 bits per heavy atom. The maximum absolute atomic E-state index is 10.1. The van der Waals surface area contributed by atoms with Crippen LogP contribution in [-0.4, -0.2) is 52.4 Å². The van der Waals surface area contributed by atoms with Crippen LogP contribution in [-0.2, 0) is 0 Å². The molecule has 1 atom stereocenters. The zero-order chi connectivity index (χ0) is 14.8. The first-order chi connectivity index (χ1) is 10.2. The molecule has 1 aliphatic heterocycles. The van der Waals surface area contributed by atoms with Crippen molar-refractivity contribution in [1.82, 2.24) is 15.0 Å². The zero-order valence-electron chi connectivity index (χ0n) is 11.9. The predicted octanol–water partition coefficient (Wildman–Crippen LogP) is 2.17. The van der Waals surface area contributed by atoms with Crippen molar-refractivity contribution in [3.05, 3.63) is 24.0 Å². The van der Waals surface area contributed by atoms with E-state index in [-0.39, 0.29) is 11.8 Å². The minimum atomic E-state index is 0.0153. The second-order valence-corrected chi connectivity index (χ2v) is 6.04. The summed E-state index contributed by atoms with van der Waals surface area (Å²) in [6, 6.07) is 5.34. The number of methoxy groups -OCH3 is 1. The number of benzene rings is 1. The van der Waals surface area contributed by atoms with E-state index in [0.717, 1.165) is 18.1 Å². The molecule has 0 bridgehead atoms. The fourth-order valence-corrected chi connectivity index (χ4v) is 3.51. The van der Waals surface area contributed by atoms with E-state index in [2.05, 4.69) is 22.1 Å². The van der Waals surface area contributed by atoms with Gasteiger partial charge in [0.25, 0.3) is 5.89 Å². The Kier molecular flexibility index (Phi) is 4.03. The molecule has 1 aromatic carbocycles. The number of ether oxygens (including phenoxy) is 1. The summed E-state index contributed by atoms with van der Waals surface area (Å²) in [4.78, 5) is 6.66. The molecule has 1 saturated heterocycles. The number of phenolic OH excluding ortho intramolecular Hbond substituents is 1. The number of para-hydroxylation sites is 1. The molecule has 112 valence electrons. The van der Waals surface area contributed by atoms with E-state index in [1.54, 1.807) is 18.2 Å². The van der Waals surface area contributed by atoms with Crippen LogP contribution in [0.15, 0.2) is 22.7 Å². The third-order valence-electron chi connectivity index (χ3n) is 3.59. The number of aromatic hydroxyl groups is 1. The molecule has 2 heterocycles. The van der Waals surface area contributed by atoms with Crippen LogP contribution >= 0.6 is 11.8 Å². The number of hydrogen-bond acceptors (Lipinski definition) is 7. The molecule has 1 aromatic heterocycles. The van der Waals surface area contributed by atoms with Gasteiger partial charge in [-0.15, -0.1) is 0 Å². The van der Waals surface area contributed by atoms with Crippen molar-refractivity contribution in [2.75, 3.05) is 32.2 Å².